The molecular weight excluding hydrogens is 335 g/mol. The number of anilines is 3. The first-order valence-electron chi connectivity index (χ1n) is 7.95. The average Bonchev–Trinajstić information content (AvgIpc) is 3.00. The van der Waals surface area contributed by atoms with Crippen molar-refractivity contribution >= 4 is 40.9 Å². The zero-order chi connectivity index (χ0) is 16.7. The molecule has 2 aromatic rings. The number of nitrogens with one attached hydrogen (secondary N) is 1. The summed E-state index contributed by atoms with van der Waals surface area (Å²) in [5.74, 6) is 0.595. The molecule has 0 radical (unpaired) electrons. The Labute approximate surface area is 147 Å². The van der Waals surface area contributed by atoms with E-state index in [0.717, 1.165) is 38.8 Å². The Balaban J connectivity index is 2.11. The zero-order valence-corrected chi connectivity index (χ0v) is 15.0. The Morgan fingerprint density at radius 2 is 1.70 bits per heavy atom. The van der Waals surface area contributed by atoms with Crippen LogP contribution in [0.2, 0.25) is 10.0 Å². The topological polar surface area (TPSA) is 54.2 Å². The largest absolute Gasteiger partial charge is 0.338 e. The highest BCUT2D eigenvalue weighted by molar-refractivity contribution is 6.39. The van der Waals surface area contributed by atoms with E-state index in [2.05, 4.69) is 34.2 Å². The summed E-state index contributed by atoms with van der Waals surface area (Å²) in [4.78, 5) is 6.56. The number of benzene rings is 1. The van der Waals surface area contributed by atoms with E-state index in [4.69, 9.17) is 27.7 Å². The predicted molar refractivity (Wildman–Crippen MR) is 96.1 cm³/mol. The molecule has 0 unspecified atom stereocenters. The van der Waals surface area contributed by atoms with Gasteiger partial charge in [0.15, 0.2) is 0 Å². The molecule has 0 bridgehead atoms. The number of unbranched alkanes of at least 4 members (excludes halogenated alkanes) is 2. The number of nitrogens with zero attached hydrogens (tertiary/aromatic N) is 3. The van der Waals surface area contributed by atoms with Gasteiger partial charge in [0.25, 0.3) is 5.95 Å². The van der Waals surface area contributed by atoms with Gasteiger partial charge in [-0.05, 0) is 30.1 Å². The third-order valence-electron chi connectivity index (χ3n) is 3.46. The van der Waals surface area contributed by atoms with Crippen molar-refractivity contribution < 1.29 is 4.52 Å². The van der Waals surface area contributed by atoms with Gasteiger partial charge in [-0.25, -0.2) is 0 Å². The van der Waals surface area contributed by atoms with Crippen molar-refractivity contribution in [1.82, 2.24) is 10.1 Å². The van der Waals surface area contributed by atoms with Crippen LogP contribution in [0, 0.1) is 0 Å². The van der Waals surface area contributed by atoms with E-state index in [-0.39, 0.29) is 6.01 Å². The summed E-state index contributed by atoms with van der Waals surface area (Å²) in [6, 6.07) is 5.57. The SMILES string of the molecule is CCCCN(CCCC)c1noc(Nc2c(Cl)cccc2Cl)n1. The van der Waals surface area contributed by atoms with E-state index in [1.807, 2.05) is 0 Å². The Morgan fingerprint density at radius 1 is 1.09 bits per heavy atom. The molecule has 7 heteroatoms. The lowest BCUT2D eigenvalue weighted by atomic mass is 10.3. The molecule has 1 N–H and O–H groups in total. The summed E-state index contributed by atoms with van der Waals surface area (Å²) in [5, 5.41) is 8.08. The number of aromatic nitrogens is 2. The maximum atomic E-state index is 6.14. The smallest absolute Gasteiger partial charge is 0.327 e. The van der Waals surface area contributed by atoms with Gasteiger partial charge in [-0.15, -0.1) is 0 Å². The van der Waals surface area contributed by atoms with Crippen molar-refractivity contribution in [3.8, 4) is 0 Å². The van der Waals surface area contributed by atoms with Crippen LogP contribution in [0.25, 0.3) is 0 Å². The summed E-state index contributed by atoms with van der Waals surface area (Å²) >= 11 is 12.3. The van der Waals surface area contributed by atoms with Gasteiger partial charge in [0.2, 0.25) is 0 Å². The molecule has 0 saturated carbocycles. The lowest BCUT2D eigenvalue weighted by Crippen LogP contribution is -2.26. The van der Waals surface area contributed by atoms with Crippen molar-refractivity contribution in [3.05, 3.63) is 28.2 Å². The number of para-hydroxylation sites is 1. The van der Waals surface area contributed by atoms with Crippen LogP contribution < -0.4 is 10.2 Å². The van der Waals surface area contributed by atoms with E-state index >= 15 is 0 Å². The van der Waals surface area contributed by atoms with Crippen LogP contribution in [0.3, 0.4) is 0 Å². The minimum Gasteiger partial charge on any atom is -0.338 e. The fourth-order valence-corrected chi connectivity index (χ4v) is 2.62. The van der Waals surface area contributed by atoms with Gasteiger partial charge in [-0.3, -0.25) is 0 Å². The molecule has 0 saturated heterocycles. The standard InChI is InChI=1S/C16H22Cl2N4O/c1-3-5-10-22(11-6-4-2)15-20-16(23-21-15)19-14-12(17)8-7-9-13(14)18/h7-9H,3-6,10-11H2,1-2H3,(H,19,20,21). The Bertz CT molecular complexity index is 590. The van der Waals surface area contributed by atoms with Crippen LogP contribution in [0.4, 0.5) is 17.7 Å². The van der Waals surface area contributed by atoms with E-state index in [1.165, 1.54) is 0 Å². The van der Waals surface area contributed by atoms with Crippen LogP contribution in [-0.4, -0.2) is 23.2 Å². The Hall–Kier alpha value is -1.46. The summed E-state index contributed by atoms with van der Waals surface area (Å²) in [5.41, 5.74) is 0.569. The minimum absolute atomic E-state index is 0.285. The molecule has 0 aliphatic heterocycles. The van der Waals surface area contributed by atoms with Crippen LogP contribution in [0.5, 0.6) is 0 Å². The first-order chi connectivity index (χ1) is 11.2. The highest BCUT2D eigenvalue weighted by Crippen LogP contribution is 2.32. The molecule has 0 fully saturated rings. The maximum absolute atomic E-state index is 6.14. The Kier molecular flexibility index (Phi) is 6.99. The monoisotopic (exact) mass is 356 g/mol. The quantitative estimate of drug-likeness (QED) is 0.640. The van der Waals surface area contributed by atoms with Gasteiger partial charge in [0.1, 0.15) is 0 Å². The van der Waals surface area contributed by atoms with Gasteiger partial charge in [-0.2, -0.15) is 4.98 Å². The molecule has 2 rings (SSSR count). The van der Waals surface area contributed by atoms with Crippen molar-refractivity contribution in [1.29, 1.82) is 0 Å². The van der Waals surface area contributed by atoms with Crippen molar-refractivity contribution in [2.75, 3.05) is 23.3 Å². The molecule has 126 valence electrons. The lowest BCUT2D eigenvalue weighted by molar-refractivity contribution is 0.431. The number of hydrogen-bond acceptors (Lipinski definition) is 5. The van der Waals surface area contributed by atoms with Gasteiger partial charge < -0.3 is 14.7 Å². The molecule has 0 aliphatic carbocycles. The second-order valence-corrected chi connectivity index (χ2v) is 6.13. The van der Waals surface area contributed by atoms with Gasteiger partial charge in [0.05, 0.1) is 15.7 Å². The lowest BCUT2D eigenvalue weighted by Gasteiger charge is -2.19. The second-order valence-electron chi connectivity index (χ2n) is 5.32. The third-order valence-corrected chi connectivity index (χ3v) is 4.09. The van der Waals surface area contributed by atoms with Crippen LogP contribution in [0.1, 0.15) is 39.5 Å². The highest BCUT2D eigenvalue weighted by Gasteiger charge is 2.15. The predicted octanol–water partition coefficient (Wildman–Crippen LogP) is 5.53. The first kappa shape index (κ1) is 17.9. The number of rotatable bonds is 9. The molecule has 1 aromatic heterocycles. The highest BCUT2D eigenvalue weighted by atomic mass is 35.5. The molecular formula is C16H22Cl2N4O. The summed E-state index contributed by atoms with van der Waals surface area (Å²) in [7, 11) is 0. The van der Waals surface area contributed by atoms with Crippen LogP contribution >= 0.6 is 23.2 Å². The molecule has 0 atom stereocenters. The van der Waals surface area contributed by atoms with Crippen LogP contribution in [0.15, 0.2) is 22.7 Å². The second kappa shape index (κ2) is 8.99. The molecule has 0 aliphatic rings. The van der Waals surface area contributed by atoms with E-state index < -0.39 is 0 Å². The maximum Gasteiger partial charge on any atom is 0.327 e. The number of hydrogen-bond donors (Lipinski definition) is 1. The van der Waals surface area contributed by atoms with E-state index in [1.54, 1.807) is 18.2 Å². The third kappa shape index (κ3) is 5.01. The fraction of sp³-hybridized carbons (Fsp3) is 0.500. The first-order valence-corrected chi connectivity index (χ1v) is 8.71. The van der Waals surface area contributed by atoms with Crippen molar-refractivity contribution in [2.45, 2.75) is 39.5 Å². The normalized spacial score (nSPS) is 10.8. The van der Waals surface area contributed by atoms with Gasteiger partial charge >= 0.3 is 6.01 Å². The zero-order valence-electron chi connectivity index (χ0n) is 13.5. The number of halogens is 2. The van der Waals surface area contributed by atoms with Crippen molar-refractivity contribution in [3.63, 3.8) is 0 Å². The Morgan fingerprint density at radius 3 is 2.26 bits per heavy atom. The summed E-state index contributed by atoms with van der Waals surface area (Å²) in [6.45, 7) is 6.17. The van der Waals surface area contributed by atoms with E-state index in [9.17, 15) is 0 Å². The molecule has 5 nitrogen and oxygen atoms in total. The summed E-state index contributed by atoms with van der Waals surface area (Å²) in [6.07, 6.45) is 4.44. The summed E-state index contributed by atoms with van der Waals surface area (Å²) < 4.78 is 5.29. The van der Waals surface area contributed by atoms with Crippen LogP contribution in [-0.2, 0) is 0 Å². The molecule has 23 heavy (non-hydrogen) atoms. The molecule has 0 amide bonds. The molecule has 0 spiro atoms. The van der Waals surface area contributed by atoms with Crippen molar-refractivity contribution in [2.24, 2.45) is 0 Å². The molecule has 1 heterocycles. The minimum atomic E-state index is 0.285. The van der Waals surface area contributed by atoms with E-state index in [0.29, 0.717) is 21.7 Å². The molecule has 1 aromatic carbocycles. The van der Waals surface area contributed by atoms with Gasteiger partial charge in [0, 0.05) is 13.1 Å². The van der Waals surface area contributed by atoms with Gasteiger partial charge in [-0.1, -0.05) is 56.0 Å². The fourth-order valence-electron chi connectivity index (χ4n) is 2.13. The average molecular weight is 357 g/mol.